The molecule has 1 rings (SSSR count). The monoisotopic (exact) mass is 269 g/mol. The van der Waals surface area contributed by atoms with Crippen LogP contribution in [-0.4, -0.2) is 10.9 Å². The second-order valence-electron chi connectivity index (χ2n) is 3.65. The van der Waals surface area contributed by atoms with Crippen molar-refractivity contribution in [1.29, 1.82) is 0 Å². The fourth-order valence-corrected chi connectivity index (χ4v) is 1.69. The van der Waals surface area contributed by atoms with E-state index in [2.05, 4.69) is 17.2 Å². The van der Waals surface area contributed by atoms with Gasteiger partial charge >= 0.3 is 0 Å². The number of aliphatic imine (C=N–C) groups is 1. The highest BCUT2D eigenvalue weighted by molar-refractivity contribution is 7.80. The lowest BCUT2D eigenvalue weighted by Crippen LogP contribution is -2.16. The van der Waals surface area contributed by atoms with Crippen molar-refractivity contribution in [3.05, 3.63) is 29.3 Å². The predicted octanol–water partition coefficient (Wildman–Crippen LogP) is 3.58. The minimum Gasteiger partial charge on any atom is -0.387 e. The summed E-state index contributed by atoms with van der Waals surface area (Å²) >= 11 is 10.9. The fourth-order valence-electron chi connectivity index (χ4n) is 1.26. The Morgan fingerprint density at radius 2 is 2.29 bits per heavy atom. The molecule has 17 heavy (non-hydrogen) atoms. The second-order valence-corrected chi connectivity index (χ2v) is 4.47. The zero-order valence-corrected chi connectivity index (χ0v) is 11.3. The van der Waals surface area contributed by atoms with Crippen molar-refractivity contribution in [3.63, 3.8) is 0 Å². The summed E-state index contributed by atoms with van der Waals surface area (Å²) in [4.78, 5) is 4.11. The van der Waals surface area contributed by atoms with Crippen LogP contribution in [0.1, 0.15) is 26.2 Å². The van der Waals surface area contributed by atoms with Gasteiger partial charge in [-0.2, -0.15) is 0 Å². The largest absolute Gasteiger partial charge is 0.387 e. The van der Waals surface area contributed by atoms with Crippen LogP contribution in [0.5, 0.6) is 0 Å². The Bertz CT molecular complexity index is 418. The van der Waals surface area contributed by atoms with Gasteiger partial charge in [0.15, 0.2) is 5.11 Å². The lowest BCUT2D eigenvalue weighted by atomic mass is 10.2. The number of hydrogen-bond donors (Lipinski definition) is 2. The number of nitrogens with two attached hydrogens (primary N) is 1. The number of halogens is 1. The van der Waals surface area contributed by atoms with E-state index in [-0.39, 0.29) is 0 Å². The first-order valence-electron chi connectivity index (χ1n) is 5.51. The summed E-state index contributed by atoms with van der Waals surface area (Å²) in [5.74, 6) is 0.561. The number of nitrogens with zero attached hydrogens (tertiary/aromatic N) is 1. The molecular formula is C12H16ClN3S. The zero-order valence-electron chi connectivity index (χ0n) is 9.74. The van der Waals surface area contributed by atoms with Gasteiger partial charge in [0.1, 0.15) is 5.84 Å². The predicted molar refractivity (Wildman–Crippen MR) is 78.8 cm³/mol. The van der Waals surface area contributed by atoms with Crippen molar-refractivity contribution in [3.8, 4) is 0 Å². The van der Waals surface area contributed by atoms with Crippen LogP contribution in [0, 0.1) is 0 Å². The van der Waals surface area contributed by atoms with E-state index >= 15 is 0 Å². The molecule has 92 valence electrons. The molecular weight excluding hydrogens is 254 g/mol. The van der Waals surface area contributed by atoms with E-state index in [9.17, 15) is 0 Å². The molecule has 0 aromatic heterocycles. The van der Waals surface area contributed by atoms with E-state index < -0.39 is 0 Å². The molecule has 0 saturated heterocycles. The van der Waals surface area contributed by atoms with Gasteiger partial charge < -0.3 is 11.1 Å². The van der Waals surface area contributed by atoms with Crippen molar-refractivity contribution in [2.75, 3.05) is 5.32 Å². The average Bonchev–Trinajstić information content (AvgIpc) is 2.26. The van der Waals surface area contributed by atoms with Gasteiger partial charge in [0, 0.05) is 17.1 Å². The Kier molecular flexibility index (Phi) is 5.94. The van der Waals surface area contributed by atoms with Crippen LogP contribution in [0.25, 0.3) is 0 Å². The van der Waals surface area contributed by atoms with Crippen LogP contribution in [-0.2, 0) is 0 Å². The molecule has 3 nitrogen and oxygen atoms in total. The third-order valence-corrected chi connectivity index (χ3v) is 2.54. The van der Waals surface area contributed by atoms with E-state index in [1.54, 1.807) is 12.1 Å². The number of nitrogens with one attached hydrogen (secondary N) is 1. The van der Waals surface area contributed by atoms with Gasteiger partial charge in [-0.3, -0.25) is 0 Å². The van der Waals surface area contributed by atoms with Gasteiger partial charge in [-0.05, 0) is 36.8 Å². The lowest BCUT2D eigenvalue weighted by Gasteiger charge is -2.05. The van der Waals surface area contributed by atoms with Crippen LogP contribution < -0.4 is 11.1 Å². The summed E-state index contributed by atoms with van der Waals surface area (Å²) in [6.07, 6.45) is 2.88. The molecule has 0 heterocycles. The second kappa shape index (κ2) is 7.25. The minimum absolute atomic E-state index is 0.362. The fraction of sp³-hybridized carbons (Fsp3) is 0.333. The highest BCUT2D eigenvalue weighted by Crippen LogP contribution is 2.15. The summed E-state index contributed by atoms with van der Waals surface area (Å²) in [5, 5.41) is 3.98. The molecule has 0 aliphatic carbocycles. The Balaban J connectivity index is 2.55. The molecule has 0 amide bonds. The highest BCUT2D eigenvalue weighted by atomic mass is 35.5. The third-order valence-electron chi connectivity index (χ3n) is 2.11. The van der Waals surface area contributed by atoms with E-state index in [0.29, 0.717) is 16.0 Å². The minimum atomic E-state index is 0.362. The van der Waals surface area contributed by atoms with Crippen molar-refractivity contribution >= 4 is 40.5 Å². The Morgan fingerprint density at radius 1 is 1.53 bits per heavy atom. The van der Waals surface area contributed by atoms with E-state index in [0.717, 1.165) is 24.9 Å². The molecule has 1 aromatic carbocycles. The SMILES string of the molecule is CCCCC(N)=NC(=S)Nc1cccc(Cl)c1. The van der Waals surface area contributed by atoms with Crippen LogP contribution in [0.15, 0.2) is 29.3 Å². The van der Waals surface area contributed by atoms with E-state index in [4.69, 9.17) is 29.6 Å². The number of thiocarbonyl (C=S) groups is 1. The van der Waals surface area contributed by atoms with E-state index in [1.807, 2.05) is 12.1 Å². The number of unbranched alkanes of at least 4 members (excludes halogenated alkanes) is 1. The van der Waals surface area contributed by atoms with Crippen molar-refractivity contribution < 1.29 is 0 Å². The van der Waals surface area contributed by atoms with E-state index in [1.165, 1.54) is 0 Å². The number of anilines is 1. The number of rotatable bonds is 4. The first kappa shape index (κ1) is 13.9. The van der Waals surface area contributed by atoms with Gasteiger partial charge in [0.25, 0.3) is 0 Å². The first-order chi connectivity index (χ1) is 8.11. The van der Waals surface area contributed by atoms with Gasteiger partial charge in [-0.15, -0.1) is 0 Å². The topological polar surface area (TPSA) is 50.4 Å². The van der Waals surface area contributed by atoms with Crippen LogP contribution in [0.2, 0.25) is 5.02 Å². The van der Waals surface area contributed by atoms with Crippen LogP contribution >= 0.6 is 23.8 Å². The lowest BCUT2D eigenvalue weighted by molar-refractivity contribution is 0.832. The molecule has 0 fully saturated rings. The zero-order chi connectivity index (χ0) is 12.7. The standard InChI is InChI=1S/C12H16ClN3S/c1-2-3-7-11(14)16-12(17)15-10-6-4-5-9(13)8-10/h4-6,8H,2-3,7H2,1H3,(H3,14,15,16,17). The van der Waals surface area contributed by atoms with Crippen molar-refractivity contribution in [2.24, 2.45) is 10.7 Å². The first-order valence-corrected chi connectivity index (χ1v) is 6.30. The summed E-state index contributed by atoms with van der Waals surface area (Å²) < 4.78 is 0. The third kappa shape index (κ3) is 5.65. The number of hydrogen-bond acceptors (Lipinski definition) is 1. The average molecular weight is 270 g/mol. The molecule has 1 aromatic rings. The van der Waals surface area contributed by atoms with Gasteiger partial charge in [-0.1, -0.05) is 31.0 Å². The highest BCUT2D eigenvalue weighted by Gasteiger charge is 1.98. The smallest absolute Gasteiger partial charge is 0.198 e. The van der Waals surface area contributed by atoms with Crippen molar-refractivity contribution in [1.82, 2.24) is 0 Å². The molecule has 0 saturated carbocycles. The van der Waals surface area contributed by atoms with Gasteiger partial charge in [0.05, 0.1) is 0 Å². The molecule has 0 unspecified atom stereocenters. The maximum Gasteiger partial charge on any atom is 0.198 e. The van der Waals surface area contributed by atoms with Gasteiger partial charge in [0.2, 0.25) is 0 Å². The molecule has 0 bridgehead atoms. The van der Waals surface area contributed by atoms with Crippen LogP contribution in [0.4, 0.5) is 5.69 Å². The van der Waals surface area contributed by atoms with Crippen molar-refractivity contribution in [2.45, 2.75) is 26.2 Å². The Morgan fingerprint density at radius 3 is 2.94 bits per heavy atom. The maximum absolute atomic E-state index is 5.86. The Labute approximate surface area is 112 Å². The summed E-state index contributed by atoms with van der Waals surface area (Å²) in [6.45, 7) is 2.11. The molecule has 0 radical (unpaired) electrons. The number of benzene rings is 1. The van der Waals surface area contributed by atoms with Crippen LogP contribution in [0.3, 0.4) is 0 Å². The maximum atomic E-state index is 5.86. The normalized spacial score (nSPS) is 11.3. The molecule has 0 aliphatic heterocycles. The summed E-state index contributed by atoms with van der Waals surface area (Å²) in [5.41, 5.74) is 6.56. The number of amidine groups is 1. The molecule has 3 N–H and O–H groups in total. The molecule has 5 heteroatoms. The molecule has 0 atom stereocenters. The Hall–Kier alpha value is -1.13. The molecule has 0 aliphatic rings. The summed E-state index contributed by atoms with van der Waals surface area (Å²) in [6, 6.07) is 7.30. The summed E-state index contributed by atoms with van der Waals surface area (Å²) in [7, 11) is 0. The quantitative estimate of drug-likeness (QED) is 0.499. The van der Waals surface area contributed by atoms with Gasteiger partial charge in [-0.25, -0.2) is 4.99 Å². The molecule has 0 spiro atoms.